The Balaban J connectivity index is 2.08. The number of amides is 1. The molecule has 1 aromatic carbocycles. The second-order valence-electron chi connectivity index (χ2n) is 8.73. The van der Waals surface area contributed by atoms with Crippen LogP contribution in [0.1, 0.15) is 27.7 Å². The third kappa shape index (κ3) is 5.02. The Morgan fingerprint density at radius 2 is 1.88 bits per heavy atom. The lowest BCUT2D eigenvalue weighted by Gasteiger charge is -2.26. The summed E-state index contributed by atoms with van der Waals surface area (Å²) in [6, 6.07) is 3.62. The highest BCUT2D eigenvalue weighted by Crippen LogP contribution is 2.20. The first-order chi connectivity index (χ1) is 15.5. The zero-order valence-electron chi connectivity index (χ0n) is 19.0. The van der Waals surface area contributed by atoms with Crippen molar-refractivity contribution in [3.8, 4) is 0 Å². The molecule has 0 aliphatic heterocycles. The number of benzene rings is 1. The zero-order chi connectivity index (χ0) is 24.4. The van der Waals surface area contributed by atoms with Gasteiger partial charge < -0.3 is 10.6 Å². The lowest BCUT2D eigenvalue weighted by molar-refractivity contribution is -0.119. The second kappa shape index (κ2) is 9.39. The van der Waals surface area contributed by atoms with Gasteiger partial charge in [-0.3, -0.25) is 28.5 Å². The fraction of sp³-hybridized carbons (Fsp3) is 0.409. The molecule has 0 saturated carbocycles. The van der Waals surface area contributed by atoms with Crippen LogP contribution >= 0.6 is 0 Å². The molecule has 0 aliphatic rings. The smallest absolute Gasteiger partial charge is 0.330 e. The summed E-state index contributed by atoms with van der Waals surface area (Å²) in [6.07, 6.45) is 1.20. The highest BCUT2D eigenvalue weighted by molar-refractivity contribution is 5.95. The molecule has 0 aliphatic carbocycles. The SMILES string of the molecule is CC(C)CN(C(=O)Cn1cnc2ccc(F)cc2c1=O)c1c(N)n(CC(C)C)c(=O)[nH]c1=O. The first-order valence-corrected chi connectivity index (χ1v) is 10.6. The number of fused-ring (bicyclic) bond motifs is 1. The number of nitrogens with one attached hydrogen (secondary N) is 1. The predicted octanol–water partition coefficient (Wildman–Crippen LogP) is 1.31. The summed E-state index contributed by atoms with van der Waals surface area (Å²) in [5.41, 5.74) is 4.28. The summed E-state index contributed by atoms with van der Waals surface area (Å²) < 4.78 is 15.9. The molecule has 0 atom stereocenters. The van der Waals surface area contributed by atoms with Crippen molar-refractivity contribution in [2.75, 3.05) is 17.2 Å². The number of nitrogen functional groups attached to an aromatic ring is 1. The molecule has 2 aromatic heterocycles. The van der Waals surface area contributed by atoms with Crippen molar-refractivity contribution >= 4 is 28.3 Å². The van der Waals surface area contributed by atoms with Gasteiger partial charge in [0.05, 0.1) is 17.2 Å². The van der Waals surface area contributed by atoms with Gasteiger partial charge in [-0.05, 0) is 30.0 Å². The van der Waals surface area contributed by atoms with Crippen LogP contribution in [-0.4, -0.2) is 31.6 Å². The number of nitrogens with zero attached hydrogens (tertiary/aromatic N) is 4. The number of aromatic nitrogens is 4. The molecule has 176 valence electrons. The average Bonchev–Trinajstić information content (AvgIpc) is 2.72. The van der Waals surface area contributed by atoms with Crippen molar-refractivity contribution in [3.05, 3.63) is 61.5 Å². The maximum atomic E-state index is 13.6. The number of aromatic amines is 1. The van der Waals surface area contributed by atoms with Gasteiger partial charge in [0.15, 0.2) is 5.69 Å². The van der Waals surface area contributed by atoms with Gasteiger partial charge in [-0.25, -0.2) is 14.2 Å². The van der Waals surface area contributed by atoms with E-state index >= 15 is 0 Å². The molecule has 0 unspecified atom stereocenters. The van der Waals surface area contributed by atoms with E-state index in [-0.39, 0.29) is 41.8 Å². The summed E-state index contributed by atoms with van der Waals surface area (Å²) in [6.45, 7) is 7.38. The van der Waals surface area contributed by atoms with E-state index in [1.807, 2.05) is 27.7 Å². The van der Waals surface area contributed by atoms with Gasteiger partial charge >= 0.3 is 5.69 Å². The van der Waals surface area contributed by atoms with Crippen LogP contribution in [0, 0.1) is 17.7 Å². The molecule has 0 bridgehead atoms. The normalized spacial score (nSPS) is 11.5. The van der Waals surface area contributed by atoms with Gasteiger partial charge in [0.2, 0.25) is 5.91 Å². The zero-order valence-corrected chi connectivity index (χ0v) is 19.0. The minimum Gasteiger partial charge on any atom is -0.383 e. The molecule has 3 aromatic rings. The fourth-order valence-electron chi connectivity index (χ4n) is 3.54. The Kier molecular flexibility index (Phi) is 6.80. The maximum Gasteiger partial charge on any atom is 0.330 e. The Hall–Kier alpha value is -3.76. The van der Waals surface area contributed by atoms with Crippen LogP contribution < -0.4 is 27.4 Å². The molecule has 11 heteroatoms. The molecular formula is C22H27FN6O4. The third-order valence-electron chi connectivity index (χ3n) is 4.97. The lowest BCUT2D eigenvalue weighted by atomic mass is 10.2. The number of rotatable bonds is 7. The van der Waals surface area contributed by atoms with E-state index in [0.29, 0.717) is 5.52 Å². The Labute approximate surface area is 188 Å². The van der Waals surface area contributed by atoms with Crippen LogP contribution in [0.3, 0.4) is 0 Å². The molecule has 3 N–H and O–H groups in total. The van der Waals surface area contributed by atoms with Gasteiger partial charge in [0.25, 0.3) is 11.1 Å². The number of nitrogens with two attached hydrogens (primary N) is 1. The monoisotopic (exact) mass is 458 g/mol. The summed E-state index contributed by atoms with van der Waals surface area (Å²) >= 11 is 0. The molecule has 0 saturated heterocycles. The molecule has 2 heterocycles. The quantitative estimate of drug-likeness (QED) is 0.548. The van der Waals surface area contributed by atoms with Crippen LogP contribution in [0.25, 0.3) is 10.9 Å². The minimum absolute atomic E-state index is 0.0311. The lowest BCUT2D eigenvalue weighted by Crippen LogP contribution is -2.45. The molecule has 0 spiro atoms. The van der Waals surface area contributed by atoms with E-state index in [2.05, 4.69) is 9.97 Å². The topological polar surface area (TPSA) is 136 Å². The van der Waals surface area contributed by atoms with E-state index < -0.39 is 35.1 Å². The van der Waals surface area contributed by atoms with Crippen molar-refractivity contribution in [2.45, 2.75) is 40.8 Å². The summed E-state index contributed by atoms with van der Waals surface area (Å²) in [5.74, 6) is -1.33. The van der Waals surface area contributed by atoms with Crippen molar-refractivity contribution in [1.82, 2.24) is 19.1 Å². The number of carbonyl (C=O) groups excluding carboxylic acids is 1. The standard InChI is InChI=1S/C22H27FN6O4/c1-12(2)8-28(18-19(24)29(9-13(3)4)22(33)26-20(18)31)17(30)10-27-11-25-16-6-5-14(23)7-15(16)21(27)32/h5-7,11-13H,8-10,24H2,1-4H3,(H,26,31,33). The second-order valence-corrected chi connectivity index (χ2v) is 8.73. The Morgan fingerprint density at radius 3 is 2.52 bits per heavy atom. The summed E-state index contributed by atoms with van der Waals surface area (Å²) in [5, 5.41) is 0.0311. The maximum absolute atomic E-state index is 13.6. The van der Waals surface area contributed by atoms with Crippen LogP contribution in [-0.2, 0) is 17.9 Å². The van der Waals surface area contributed by atoms with Gasteiger partial charge in [-0.15, -0.1) is 0 Å². The van der Waals surface area contributed by atoms with E-state index in [1.54, 1.807) is 0 Å². The van der Waals surface area contributed by atoms with Crippen molar-refractivity contribution in [1.29, 1.82) is 0 Å². The van der Waals surface area contributed by atoms with Gasteiger partial charge in [0.1, 0.15) is 18.2 Å². The number of carbonyl (C=O) groups is 1. The van der Waals surface area contributed by atoms with Gasteiger partial charge in [-0.1, -0.05) is 27.7 Å². The highest BCUT2D eigenvalue weighted by atomic mass is 19.1. The van der Waals surface area contributed by atoms with Crippen LogP contribution in [0.4, 0.5) is 15.9 Å². The molecule has 10 nitrogen and oxygen atoms in total. The van der Waals surface area contributed by atoms with Gasteiger partial charge in [-0.2, -0.15) is 0 Å². The fourth-order valence-corrected chi connectivity index (χ4v) is 3.54. The number of H-pyrrole nitrogens is 1. The molecule has 1 amide bonds. The molecular weight excluding hydrogens is 431 g/mol. The van der Waals surface area contributed by atoms with Crippen LogP contribution in [0.15, 0.2) is 38.9 Å². The highest BCUT2D eigenvalue weighted by Gasteiger charge is 2.26. The van der Waals surface area contributed by atoms with E-state index in [1.165, 1.54) is 27.9 Å². The van der Waals surface area contributed by atoms with Crippen molar-refractivity contribution < 1.29 is 9.18 Å². The number of hydrogen-bond acceptors (Lipinski definition) is 6. The molecule has 0 fully saturated rings. The number of anilines is 2. The molecule has 3 rings (SSSR count). The van der Waals surface area contributed by atoms with Crippen molar-refractivity contribution in [3.63, 3.8) is 0 Å². The summed E-state index contributed by atoms with van der Waals surface area (Å²) in [7, 11) is 0. The Morgan fingerprint density at radius 1 is 1.18 bits per heavy atom. The summed E-state index contributed by atoms with van der Waals surface area (Å²) in [4.78, 5) is 58.6. The average molecular weight is 458 g/mol. The predicted molar refractivity (Wildman–Crippen MR) is 124 cm³/mol. The van der Waals surface area contributed by atoms with Crippen LogP contribution in [0.2, 0.25) is 0 Å². The van der Waals surface area contributed by atoms with E-state index in [9.17, 15) is 23.6 Å². The van der Waals surface area contributed by atoms with Gasteiger partial charge in [0, 0.05) is 13.1 Å². The van der Waals surface area contributed by atoms with Crippen molar-refractivity contribution in [2.24, 2.45) is 11.8 Å². The minimum atomic E-state index is -0.794. The first-order valence-electron chi connectivity index (χ1n) is 10.6. The number of hydrogen-bond donors (Lipinski definition) is 2. The van der Waals surface area contributed by atoms with E-state index in [4.69, 9.17) is 5.73 Å². The van der Waals surface area contributed by atoms with E-state index in [0.717, 1.165) is 10.6 Å². The molecule has 0 radical (unpaired) electrons. The largest absolute Gasteiger partial charge is 0.383 e. The Bertz CT molecular complexity index is 1370. The first kappa shape index (κ1) is 23.9. The number of halogens is 1. The third-order valence-corrected chi connectivity index (χ3v) is 4.97. The van der Waals surface area contributed by atoms with Crippen LogP contribution in [0.5, 0.6) is 0 Å². The molecule has 33 heavy (non-hydrogen) atoms.